The molecule has 0 N–H and O–H groups in total. The average molecular weight is 1140 g/mol. The molecule has 0 aromatic carbocycles. The van der Waals surface area contributed by atoms with E-state index in [0.717, 1.165) is 0 Å². The van der Waals surface area contributed by atoms with Crippen molar-refractivity contribution >= 4 is 0 Å². The summed E-state index contributed by atoms with van der Waals surface area (Å²) in [6, 6.07) is 0. The summed E-state index contributed by atoms with van der Waals surface area (Å²) >= 11 is 0. The predicted molar refractivity (Wildman–Crippen MR) is 372 cm³/mol. The molecule has 0 aliphatic carbocycles. The van der Waals surface area contributed by atoms with E-state index in [0.29, 0.717) is 0 Å². The minimum absolute atomic E-state index is 2.12. The van der Waals surface area contributed by atoms with Crippen molar-refractivity contribution in [1.82, 2.24) is 0 Å². The summed E-state index contributed by atoms with van der Waals surface area (Å²) in [5.74, 6) is 231. The molecule has 0 aromatic rings. The van der Waals surface area contributed by atoms with Crippen molar-refractivity contribution in [2.75, 3.05) is 0 Å². The second kappa shape index (κ2) is 73.2. The Kier molecular flexibility index (Phi) is 57.2. The Bertz CT molecular complexity index is 6650. The van der Waals surface area contributed by atoms with Crippen LogP contribution in [-0.4, -0.2) is 0 Å². The maximum atomic E-state index is 4.95. The molecular formula is C95H3-. The molecule has 95 heavy (non-hydrogen) atoms. The molecule has 0 heteroatoms. The normalized spacial score (nSPS) is 3.95. The highest BCUT2D eigenvalue weighted by Crippen LogP contribution is 1.67. The van der Waals surface area contributed by atoms with E-state index in [1.807, 2.05) is 0 Å². The third-order valence-electron chi connectivity index (χ3n) is 5.79. The Morgan fingerprint density at radius 1 is 0.0842 bits per heavy atom. The van der Waals surface area contributed by atoms with Crippen molar-refractivity contribution in [2.45, 2.75) is 0 Å². The predicted octanol–water partition coefficient (Wildman–Crippen LogP) is 0.610. The van der Waals surface area contributed by atoms with Crippen molar-refractivity contribution in [3.05, 3.63) is 6.92 Å². The van der Waals surface area contributed by atoms with Gasteiger partial charge in [-0.2, -0.15) is 6.92 Å². The van der Waals surface area contributed by atoms with Gasteiger partial charge in [0, 0.05) is 438 Å². The Balaban J connectivity index is 4.63. The van der Waals surface area contributed by atoms with Crippen molar-refractivity contribution in [1.29, 1.82) is 0 Å². The zero-order valence-corrected chi connectivity index (χ0v) is 47.8. The summed E-state index contributed by atoms with van der Waals surface area (Å²) in [5.41, 5.74) is 0. The van der Waals surface area contributed by atoms with E-state index < -0.39 is 0 Å². The van der Waals surface area contributed by atoms with Gasteiger partial charge >= 0.3 is 0 Å². The Morgan fingerprint density at radius 2 is 0.137 bits per heavy atom. The molecule has 0 aliphatic heterocycles. The van der Waals surface area contributed by atoms with Gasteiger partial charge in [-0.3, -0.25) is 5.92 Å². The fourth-order valence-corrected chi connectivity index (χ4v) is 2.86. The Labute approximate surface area is 560 Å². The van der Waals surface area contributed by atoms with Gasteiger partial charge in [0.05, 0.1) is 0 Å². The maximum absolute atomic E-state index is 4.95. The van der Waals surface area contributed by atoms with Crippen LogP contribution in [0.2, 0.25) is 0 Å². The van der Waals surface area contributed by atoms with E-state index in [1.165, 1.54) is 0 Å². The Morgan fingerprint density at radius 3 is 0.189 bits per heavy atom. The zero-order valence-electron chi connectivity index (χ0n) is 47.8. The molecule has 0 spiro atoms. The summed E-state index contributed by atoms with van der Waals surface area (Å²) < 4.78 is 0. The topological polar surface area (TPSA) is 0 Å². The van der Waals surface area contributed by atoms with Crippen LogP contribution in [-0.2, 0) is 0 Å². The van der Waals surface area contributed by atoms with E-state index in [4.69, 9.17) is 6.42 Å². The highest BCUT2D eigenvalue weighted by Gasteiger charge is 1.66. The first-order valence-corrected chi connectivity index (χ1v) is 23.6. The fraction of sp³-hybridized carbons (Fsp3) is 0. The lowest BCUT2D eigenvalue weighted by molar-refractivity contribution is 2.31. The van der Waals surface area contributed by atoms with Crippen LogP contribution in [0.4, 0.5) is 0 Å². The van der Waals surface area contributed by atoms with Gasteiger partial charge in [0.1, 0.15) is 0 Å². The van der Waals surface area contributed by atoms with Gasteiger partial charge < -0.3 is 0 Å². The van der Waals surface area contributed by atoms with E-state index in [2.05, 4.69) is 558 Å². The van der Waals surface area contributed by atoms with Crippen molar-refractivity contribution in [3.8, 4) is 557 Å². The molecule has 0 radical (unpaired) electrons. The van der Waals surface area contributed by atoms with Gasteiger partial charge in [-0.15, -0.1) is 12.3 Å². The van der Waals surface area contributed by atoms with Gasteiger partial charge in [0.25, 0.3) is 0 Å². The summed E-state index contributed by atoms with van der Waals surface area (Å²) in [6.45, 7) is 3.32. The monoisotopic (exact) mass is 1140 g/mol. The third-order valence-corrected chi connectivity index (χ3v) is 5.79. The highest BCUT2D eigenvalue weighted by molar-refractivity contribution is 5.55. The lowest BCUT2D eigenvalue weighted by Gasteiger charge is -1.64. The van der Waals surface area contributed by atoms with Crippen LogP contribution in [0.3, 0.4) is 0 Å². The number of rotatable bonds is 0. The highest BCUT2D eigenvalue weighted by atomic mass is 13.7. The molecule has 0 aromatic heterocycles. The summed E-state index contributed by atoms with van der Waals surface area (Å²) in [6.07, 6.45) is 4.95. The Hall–Kier alpha value is -20.8. The first kappa shape index (κ1) is 74.2. The first-order valence-electron chi connectivity index (χ1n) is 23.6. The molecule has 0 bridgehead atoms. The van der Waals surface area contributed by atoms with Crippen molar-refractivity contribution < 1.29 is 0 Å². The minimum atomic E-state index is 2.12. The van der Waals surface area contributed by atoms with E-state index in [9.17, 15) is 0 Å². The lowest BCUT2D eigenvalue weighted by atomic mass is 10.4. The molecule has 0 saturated heterocycles. The molecule has 0 nitrogen and oxygen atoms in total. The summed E-state index contributed by atoms with van der Waals surface area (Å²) in [5, 5.41) is 0. The van der Waals surface area contributed by atoms with Crippen molar-refractivity contribution in [3.63, 3.8) is 0 Å². The molecule has 384 valence electrons. The molecule has 0 rings (SSSR count). The van der Waals surface area contributed by atoms with Gasteiger partial charge in [-0.1, -0.05) is 0 Å². The quantitative estimate of drug-likeness (QED) is 0.247. The molecule has 0 unspecified atom stereocenters. The molecule has 0 saturated carbocycles. The van der Waals surface area contributed by atoms with Crippen LogP contribution >= 0.6 is 0 Å². The maximum Gasteiger partial charge on any atom is 0 e. The SMILES string of the molecule is C#CC#CC#CC#CC#CC#CC#CC#CC#CC#CC#CC#CC#CC#CC#CC#CC#CC#CC#CC#CC#CC#CC#CC#CC#CC#CC#CC#CC#CC#CC#CC#CC#CC#CC#CC#CC#CC#CC#CC#CC#CC#CC#CC#CC#CC#CC#C[CH2-]. The number of terminal acetylenes is 1. The number of hydrogen-bond donors (Lipinski definition) is 0. The van der Waals surface area contributed by atoms with Crippen LogP contribution < -0.4 is 0 Å². The van der Waals surface area contributed by atoms with Gasteiger partial charge in [0.15, 0.2) is 0 Å². The fourth-order valence-electron chi connectivity index (χ4n) is 2.86. The van der Waals surface area contributed by atoms with Crippen molar-refractivity contribution in [2.24, 2.45) is 0 Å². The molecular weight excluding hydrogens is 1140 g/mol. The van der Waals surface area contributed by atoms with Crippen LogP contribution in [0, 0.1) is 564 Å². The first-order chi connectivity index (χ1) is 47.4. The average Bonchev–Trinajstić information content (AvgIpc) is 3.59. The second-order valence-corrected chi connectivity index (χ2v) is 11.7. The second-order valence-electron chi connectivity index (χ2n) is 11.7. The van der Waals surface area contributed by atoms with Crippen LogP contribution in [0.25, 0.3) is 0 Å². The zero-order chi connectivity index (χ0) is 67.8. The minimum Gasteiger partial charge on any atom is -0.284 e. The van der Waals surface area contributed by atoms with Gasteiger partial charge in [0.2, 0.25) is 0 Å². The van der Waals surface area contributed by atoms with E-state index >= 15 is 0 Å². The summed E-state index contributed by atoms with van der Waals surface area (Å²) in [4.78, 5) is 0. The molecule has 0 atom stereocenters. The third kappa shape index (κ3) is 73.2. The van der Waals surface area contributed by atoms with Crippen LogP contribution in [0.1, 0.15) is 0 Å². The lowest BCUT2D eigenvalue weighted by Crippen LogP contribution is -1.57. The largest absolute Gasteiger partial charge is 0.284 e. The van der Waals surface area contributed by atoms with Crippen LogP contribution in [0.5, 0.6) is 0 Å². The standard InChI is InChI=1S/C95H3/c1-3-5-7-9-11-13-15-17-19-21-23-25-27-29-31-33-35-37-39-41-43-45-47-49-51-53-55-57-59-61-63-65-67-69-71-73-75-77-79-81-83-85-87-89-91-93-95-94-92-90-88-86-84-82-80-78-76-74-72-70-68-66-64-62-60-58-56-54-52-50-48-46-44-42-40-38-36-34-32-30-28-26-24-22-20-18-16-14-12-10-8-6-4-2/h1H,2H2/q-1. The molecule has 0 aliphatic rings. The van der Waals surface area contributed by atoms with Gasteiger partial charge in [-0.25, -0.2) is 5.92 Å². The summed E-state index contributed by atoms with van der Waals surface area (Å²) in [7, 11) is 0. The molecule has 0 heterocycles. The smallest absolute Gasteiger partial charge is 0 e. The van der Waals surface area contributed by atoms with E-state index in [1.54, 1.807) is 0 Å². The molecule has 0 amide bonds. The van der Waals surface area contributed by atoms with Crippen LogP contribution in [0.15, 0.2) is 0 Å². The van der Waals surface area contributed by atoms with Gasteiger partial charge in [-0.05, 0) is 94.7 Å². The molecule has 0 fully saturated rings. The number of hydrogen-bond acceptors (Lipinski definition) is 0. The van der Waals surface area contributed by atoms with E-state index in [-0.39, 0.29) is 0 Å².